The number of hydrogen-bond acceptors (Lipinski definition) is 6. The van der Waals surface area contributed by atoms with E-state index in [-0.39, 0.29) is 12.3 Å². The van der Waals surface area contributed by atoms with Gasteiger partial charge in [-0.2, -0.15) is 11.8 Å². The summed E-state index contributed by atoms with van der Waals surface area (Å²) in [6.07, 6.45) is 0. The van der Waals surface area contributed by atoms with Gasteiger partial charge in [-0.25, -0.2) is 0 Å². The zero-order valence-corrected chi connectivity index (χ0v) is 17.4. The Labute approximate surface area is 180 Å². The Morgan fingerprint density at radius 3 is 2.57 bits per heavy atom. The smallest absolute Gasteiger partial charge is 0.322 e. The largest absolute Gasteiger partial charge is 0.507 e. The zero-order valence-electron chi connectivity index (χ0n) is 15.8. The van der Waals surface area contributed by atoms with Crippen molar-refractivity contribution in [2.24, 2.45) is 0 Å². The quantitative estimate of drug-likeness (QED) is 0.542. The maximum Gasteiger partial charge on any atom is 0.322 e. The van der Waals surface area contributed by atoms with Gasteiger partial charge in [0.25, 0.3) is 11.5 Å². The second-order valence-electron chi connectivity index (χ2n) is 6.78. The van der Waals surface area contributed by atoms with Crippen molar-refractivity contribution in [3.05, 3.63) is 74.5 Å². The lowest BCUT2D eigenvalue weighted by Crippen LogP contribution is -2.37. The number of amides is 1. The molecule has 1 aromatic carbocycles. The molecule has 3 heterocycles. The van der Waals surface area contributed by atoms with Crippen LogP contribution in [0.3, 0.4) is 0 Å². The first-order valence-electron chi connectivity index (χ1n) is 9.13. The molecule has 1 aliphatic rings. The lowest BCUT2D eigenvalue weighted by Gasteiger charge is -2.16. The predicted octanol–water partition coefficient (Wildman–Crippen LogP) is 2.89. The second kappa shape index (κ2) is 8.37. The molecule has 3 aromatic rings. The number of benzene rings is 1. The van der Waals surface area contributed by atoms with E-state index in [0.717, 1.165) is 16.0 Å². The van der Waals surface area contributed by atoms with Crippen molar-refractivity contribution in [2.45, 2.75) is 18.1 Å². The van der Waals surface area contributed by atoms with Gasteiger partial charge in [0.05, 0.1) is 6.54 Å². The number of aromatic hydroxyl groups is 1. The topological polar surface area (TPSA) is 109 Å². The summed E-state index contributed by atoms with van der Waals surface area (Å²) in [5, 5.41) is 23.5. The highest BCUT2D eigenvalue weighted by atomic mass is 32.2. The molecule has 1 amide bonds. The molecule has 4 rings (SSSR count). The van der Waals surface area contributed by atoms with Gasteiger partial charge in [-0.05, 0) is 22.6 Å². The van der Waals surface area contributed by atoms with Crippen LogP contribution in [0.15, 0.2) is 46.6 Å². The maximum atomic E-state index is 13.1. The molecule has 0 saturated carbocycles. The number of carbonyl (C=O) groups excluding carboxylic acids is 1. The molecule has 9 heteroatoms. The Morgan fingerprint density at radius 2 is 1.90 bits per heavy atom. The Bertz CT molecular complexity index is 1170. The van der Waals surface area contributed by atoms with Gasteiger partial charge in [0.1, 0.15) is 17.9 Å². The molecule has 7 nitrogen and oxygen atoms in total. The Kier molecular flexibility index (Phi) is 5.65. The van der Waals surface area contributed by atoms with Crippen molar-refractivity contribution in [3.63, 3.8) is 0 Å². The third-order valence-electron chi connectivity index (χ3n) is 4.87. The highest BCUT2D eigenvalue weighted by Crippen LogP contribution is 2.36. The first-order chi connectivity index (χ1) is 14.5. The third-order valence-corrected chi connectivity index (χ3v) is 6.76. The summed E-state index contributed by atoms with van der Waals surface area (Å²) in [6, 6.07) is 11.9. The van der Waals surface area contributed by atoms with Crippen LogP contribution in [-0.4, -0.2) is 33.2 Å². The predicted molar refractivity (Wildman–Crippen MR) is 116 cm³/mol. The summed E-state index contributed by atoms with van der Waals surface area (Å²) in [5.41, 5.74) is 2.18. The SMILES string of the molecule is O=C(O)CNC(=O)c1c(O)c2c(n(Cc3ccc(-c4cccs4)cc3)c1=O)CSC2. The molecule has 0 radical (unpaired) electrons. The van der Waals surface area contributed by atoms with Gasteiger partial charge in [0.2, 0.25) is 0 Å². The summed E-state index contributed by atoms with van der Waals surface area (Å²) in [6.45, 7) is -0.375. The van der Waals surface area contributed by atoms with Crippen LogP contribution in [0.5, 0.6) is 5.75 Å². The molecule has 0 saturated heterocycles. The highest BCUT2D eigenvalue weighted by molar-refractivity contribution is 7.98. The Balaban J connectivity index is 1.70. The van der Waals surface area contributed by atoms with E-state index >= 15 is 0 Å². The third kappa shape index (κ3) is 3.86. The second-order valence-corrected chi connectivity index (χ2v) is 8.72. The minimum Gasteiger partial charge on any atom is -0.507 e. The van der Waals surface area contributed by atoms with Crippen LogP contribution in [0.25, 0.3) is 10.4 Å². The van der Waals surface area contributed by atoms with Gasteiger partial charge in [0.15, 0.2) is 0 Å². The fourth-order valence-corrected chi connectivity index (χ4v) is 5.26. The summed E-state index contributed by atoms with van der Waals surface area (Å²) < 4.78 is 1.50. The number of carbonyl (C=O) groups is 2. The number of fused-ring (bicyclic) bond motifs is 1. The number of nitrogens with zero attached hydrogens (tertiary/aromatic N) is 1. The highest BCUT2D eigenvalue weighted by Gasteiger charge is 2.28. The van der Waals surface area contributed by atoms with Gasteiger partial charge >= 0.3 is 5.97 Å². The number of thioether (sulfide) groups is 1. The first kappa shape index (κ1) is 20.2. The zero-order chi connectivity index (χ0) is 21.3. The molecule has 0 fully saturated rings. The number of aromatic nitrogens is 1. The Morgan fingerprint density at radius 1 is 1.13 bits per heavy atom. The van der Waals surface area contributed by atoms with E-state index < -0.39 is 29.5 Å². The number of nitrogens with one attached hydrogen (secondary N) is 1. The van der Waals surface area contributed by atoms with Gasteiger partial charge in [0, 0.05) is 27.6 Å². The number of carboxylic acid groups (broad SMARTS) is 1. The van der Waals surface area contributed by atoms with Crippen LogP contribution in [0.1, 0.15) is 27.2 Å². The normalized spacial score (nSPS) is 12.5. The van der Waals surface area contributed by atoms with Gasteiger partial charge < -0.3 is 20.1 Å². The van der Waals surface area contributed by atoms with Crippen molar-refractivity contribution < 1.29 is 19.8 Å². The van der Waals surface area contributed by atoms with Crippen LogP contribution in [0, 0.1) is 0 Å². The van der Waals surface area contributed by atoms with Crippen LogP contribution in [-0.2, 0) is 22.8 Å². The van der Waals surface area contributed by atoms with Crippen molar-refractivity contribution in [2.75, 3.05) is 6.54 Å². The van der Waals surface area contributed by atoms with Crippen molar-refractivity contribution in [1.82, 2.24) is 9.88 Å². The Hall–Kier alpha value is -3.04. The van der Waals surface area contributed by atoms with Crippen molar-refractivity contribution in [3.8, 4) is 16.2 Å². The minimum atomic E-state index is -1.23. The van der Waals surface area contributed by atoms with E-state index in [2.05, 4.69) is 5.32 Å². The fraction of sp³-hybridized carbons (Fsp3) is 0.190. The van der Waals surface area contributed by atoms with E-state index in [1.54, 1.807) is 23.1 Å². The van der Waals surface area contributed by atoms with E-state index in [1.165, 1.54) is 4.57 Å². The van der Waals surface area contributed by atoms with E-state index in [9.17, 15) is 19.5 Å². The summed E-state index contributed by atoms with van der Waals surface area (Å²) in [7, 11) is 0. The number of thiophene rings is 1. The summed E-state index contributed by atoms with van der Waals surface area (Å²) in [5.74, 6) is -1.43. The lowest BCUT2D eigenvalue weighted by atomic mass is 10.1. The standard InChI is InChI=1S/C21H18N2O5S2/c24-17(25)8-22-20(27)18-19(26)14-10-29-11-15(14)23(21(18)28)9-12-3-5-13(6-4-12)16-2-1-7-30-16/h1-7,26H,8-11H2,(H,22,27)(H,24,25). The molecule has 154 valence electrons. The molecule has 3 N–H and O–H groups in total. The number of hydrogen-bond donors (Lipinski definition) is 3. The summed E-state index contributed by atoms with van der Waals surface area (Å²) in [4.78, 5) is 37.4. The van der Waals surface area contributed by atoms with Crippen LogP contribution in [0.4, 0.5) is 0 Å². The molecule has 0 atom stereocenters. The minimum absolute atomic E-state index is 0.256. The molecular weight excluding hydrogens is 424 g/mol. The lowest BCUT2D eigenvalue weighted by molar-refractivity contribution is -0.135. The van der Waals surface area contributed by atoms with Gasteiger partial charge in [-0.15, -0.1) is 11.3 Å². The molecule has 30 heavy (non-hydrogen) atoms. The average Bonchev–Trinajstić information content (AvgIpc) is 3.42. The summed E-state index contributed by atoms with van der Waals surface area (Å²) >= 11 is 3.19. The van der Waals surface area contributed by atoms with Gasteiger partial charge in [-0.1, -0.05) is 30.3 Å². The maximum absolute atomic E-state index is 13.1. The van der Waals surface area contributed by atoms with Crippen molar-refractivity contribution in [1.29, 1.82) is 0 Å². The fourth-order valence-electron chi connectivity index (χ4n) is 3.39. The number of rotatable bonds is 6. The molecular formula is C21H18N2O5S2. The van der Waals surface area contributed by atoms with E-state index in [0.29, 0.717) is 22.8 Å². The molecule has 0 bridgehead atoms. The first-order valence-corrected chi connectivity index (χ1v) is 11.2. The average molecular weight is 443 g/mol. The molecule has 2 aromatic heterocycles. The molecule has 0 spiro atoms. The number of pyridine rings is 1. The van der Waals surface area contributed by atoms with Crippen LogP contribution < -0.4 is 10.9 Å². The molecule has 0 aliphatic carbocycles. The number of carboxylic acids is 1. The molecule has 0 unspecified atom stereocenters. The van der Waals surface area contributed by atoms with E-state index in [1.807, 2.05) is 41.8 Å². The van der Waals surface area contributed by atoms with E-state index in [4.69, 9.17) is 5.11 Å². The van der Waals surface area contributed by atoms with Crippen LogP contribution >= 0.6 is 23.1 Å². The molecule has 1 aliphatic heterocycles. The van der Waals surface area contributed by atoms with Gasteiger partial charge in [-0.3, -0.25) is 14.4 Å². The number of aliphatic carboxylic acids is 1. The van der Waals surface area contributed by atoms with Crippen LogP contribution in [0.2, 0.25) is 0 Å². The van der Waals surface area contributed by atoms with Crippen molar-refractivity contribution >= 4 is 35.0 Å². The monoisotopic (exact) mass is 442 g/mol.